The van der Waals surface area contributed by atoms with E-state index in [1.165, 1.54) is 15.6 Å². The van der Waals surface area contributed by atoms with Crippen LogP contribution in [0.2, 0.25) is 0 Å². The average molecular weight is 500 g/mol. The molecule has 25 heavy (non-hydrogen) atoms. The van der Waals surface area contributed by atoms with Crippen molar-refractivity contribution in [2.75, 3.05) is 39.4 Å². The van der Waals surface area contributed by atoms with Crippen LogP contribution in [0.15, 0.2) is 34.0 Å². The molecule has 1 saturated heterocycles. The average Bonchev–Trinajstić information content (AvgIpc) is 3.08. The Labute approximate surface area is 170 Å². The molecular weight excluding hydrogens is 475 g/mol. The number of halogens is 1. The third-order valence-corrected chi connectivity index (χ3v) is 6.79. The number of hydrogen-bond acceptors (Lipinski definition) is 5. The quantitative estimate of drug-likeness (QED) is 0.258. The van der Waals surface area contributed by atoms with Crippen molar-refractivity contribution in [3.8, 4) is 0 Å². The monoisotopic (exact) mass is 500 g/mol. The molecule has 2 heterocycles. The molecule has 0 aliphatic carbocycles. The first-order valence-electron chi connectivity index (χ1n) is 7.87. The molecule has 0 amide bonds. The largest absolute Gasteiger partial charge is 0.379 e. The Balaban J connectivity index is 0.00000312. The van der Waals surface area contributed by atoms with Gasteiger partial charge in [-0.2, -0.15) is 4.31 Å². The highest BCUT2D eigenvalue weighted by molar-refractivity contribution is 14.0. The number of thiophene rings is 1. The predicted octanol–water partition coefficient (Wildman–Crippen LogP) is 1.63. The fraction of sp³-hybridized carbons (Fsp3) is 0.533. The molecule has 1 aromatic rings. The summed E-state index contributed by atoms with van der Waals surface area (Å²) in [6.45, 7) is 9.16. The Kier molecular flexibility index (Phi) is 9.94. The van der Waals surface area contributed by atoms with E-state index in [0.29, 0.717) is 49.6 Å². The number of guanidine groups is 1. The zero-order valence-electron chi connectivity index (χ0n) is 14.2. The summed E-state index contributed by atoms with van der Waals surface area (Å²) in [5.74, 6) is 0.684. The van der Waals surface area contributed by atoms with Crippen LogP contribution in [0.4, 0.5) is 0 Å². The summed E-state index contributed by atoms with van der Waals surface area (Å²) in [5, 5.41) is 6.25. The lowest BCUT2D eigenvalue weighted by Crippen LogP contribution is -2.40. The van der Waals surface area contributed by atoms with Crippen LogP contribution < -0.4 is 10.6 Å². The molecular formula is C15H25IN4O3S2. The Morgan fingerprint density at radius 3 is 2.76 bits per heavy atom. The van der Waals surface area contributed by atoms with E-state index in [1.54, 1.807) is 12.1 Å². The molecule has 7 nitrogen and oxygen atoms in total. The highest BCUT2D eigenvalue weighted by Crippen LogP contribution is 2.26. The minimum atomic E-state index is -3.43. The molecule has 0 atom stereocenters. The molecule has 2 N–H and O–H groups in total. The van der Waals surface area contributed by atoms with Gasteiger partial charge in [0.25, 0.3) is 10.0 Å². The summed E-state index contributed by atoms with van der Waals surface area (Å²) in [6, 6.07) is 3.48. The molecule has 0 spiro atoms. The fourth-order valence-corrected chi connectivity index (χ4v) is 5.01. The first-order chi connectivity index (χ1) is 11.6. The zero-order valence-corrected chi connectivity index (χ0v) is 18.2. The molecule has 10 heteroatoms. The summed E-state index contributed by atoms with van der Waals surface area (Å²) < 4.78 is 32.2. The van der Waals surface area contributed by atoms with Gasteiger partial charge in [-0.3, -0.25) is 0 Å². The van der Waals surface area contributed by atoms with E-state index < -0.39 is 10.0 Å². The molecule has 1 aliphatic rings. The van der Waals surface area contributed by atoms with Gasteiger partial charge in [-0.15, -0.1) is 41.9 Å². The van der Waals surface area contributed by atoms with Crippen LogP contribution in [0.3, 0.4) is 0 Å². The van der Waals surface area contributed by atoms with E-state index in [2.05, 4.69) is 22.2 Å². The lowest BCUT2D eigenvalue weighted by atomic mass is 10.5. The topological polar surface area (TPSA) is 83.0 Å². The first kappa shape index (κ1) is 22.4. The van der Waals surface area contributed by atoms with Crippen molar-refractivity contribution in [1.29, 1.82) is 0 Å². The molecule has 0 aromatic carbocycles. The molecule has 142 valence electrons. The van der Waals surface area contributed by atoms with Gasteiger partial charge in [0.15, 0.2) is 5.96 Å². The van der Waals surface area contributed by atoms with Crippen molar-refractivity contribution < 1.29 is 13.2 Å². The van der Waals surface area contributed by atoms with Crippen LogP contribution in [0.5, 0.6) is 0 Å². The second-order valence-corrected chi connectivity index (χ2v) is 8.44. The zero-order chi connectivity index (χ0) is 17.4. The van der Waals surface area contributed by atoms with Gasteiger partial charge in [-0.05, 0) is 19.1 Å². The maximum atomic E-state index is 12.6. The van der Waals surface area contributed by atoms with E-state index >= 15 is 0 Å². The van der Waals surface area contributed by atoms with E-state index in [9.17, 15) is 8.42 Å². The van der Waals surface area contributed by atoms with Gasteiger partial charge < -0.3 is 15.4 Å². The number of rotatable bonds is 7. The van der Waals surface area contributed by atoms with E-state index in [0.717, 1.165) is 11.4 Å². The lowest BCUT2D eigenvalue weighted by Gasteiger charge is -2.25. The highest BCUT2D eigenvalue weighted by atomic mass is 127. The standard InChI is InChI=1S/C15H24N4O3S2.HI/c1-3-7-17-15(16-4-2)18-12-13-5-6-14(23-13)24(20,21)19-8-10-22-11-9-19;/h3,5-6H,1,4,7-12H2,2H3,(H2,16,17,18);1H. The summed E-state index contributed by atoms with van der Waals surface area (Å²) in [4.78, 5) is 5.36. The predicted molar refractivity (Wildman–Crippen MR) is 112 cm³/mol. The van der Waals surface area contributed by atoms with Gasteiger partial charge in [0.05, 0.1) is 19.8 Å². The van der Waals surface area contributed by atoms with Crippen LogP contribution in [0.1, 0.15) is 11.8 Å². The molecule has 1 aliphatic heterocycles. The fourth-order valence-electron chi connectivity index (χ4n) is 2.16. The van der Waals surface area contributed by atoms with Crippen molar-refractivity contribution in [2.24, 2.45) is 4.99 Å². The number of nitrogens with one attached hydrogen (secondary N) is 2. The number of sulfonamides is 1. The van der Waals surface area contributed by atoms with Gasteiger partial charge in [0.1, 0.15) is 4.21 Å². The number of nitrogens with zero attached hydrogens (tertiary/aromatic N) is 2. The maximum Gasteiger partial charge on any atom is 0.252 e. The second-order valence-electron chi connectivity index (χ2n) is 5.10. The molecule has 2 rings (SSSR count). The van der Waals surface area contributed by atoms with Crippen molar-refractivity contribution in [2.45, 2.75) is 17.7 Å². The van der Waals surface area contributed by atoms with Crippen LogP contribution in [-0.4, -0.2) is 58.1 Å². The molecule has 1 aromatic heterocycles. The van der Waals surface area contributed by atoms with Gasteiger partial charge in [-0.25, -0.2) is 13.4 Å². The normalized spacial score (nSPS) is 16.1. The minimum absolute atomic E-state index is 0. The van der Waals surface area contributed by atoms with Crippen molar-refractivity contribution in [1.82, 2.24) is 14.9 Å². The van der Waals surface area contributed by atoms with Crippen LogP contribution in [-0.2, 0) is 21.3 Å². The summed E-state index contributed by atoms with van der Waals surface area (Å²) >= 11 is 1.26. The number of hydrogen-bond donors (Lipinski definition) is 2. The first-order valence-corrected chi connectivity index (χ1v) is 10.1. The summed E-state index contributed by atoms with van der Waals surface area (Å²) in [5.41, 5.74) is 0. The Hall–Kier alpha value is -0.690. The van der Waals surface area contributed by atoms with Crippen LogP contribution >= 0.6 is 35.3 Å². The van der Waals surface area contributed by atoms with Crippen molar-refractivity contribution in [3.63, 3.8) is 0 Å². The molecule has 0 saturated carbocycles. The SMILES string of the molecule is C=CCNC(=NCc1ccc(S(=O)(=O)N2CCOCC2)s1)NCC.I. The Bertz CT molecular complexity index is 670. The van der Waals surface area contributed by atoms with Gasteiger partial charge in [0.2, 0.25) is 0 Å². The number of morpholine rings is 1. The third kappa shape index (κ3) is 6.51. The minimum Gasteiger partial charge on any atom is -0.379 e. The molecule has 0 unspecified atom stereocenters. The van der Waals surface area contributed by atoms with Gasteiger partial charge in [-0.1, -0.05) is 6.08 Å². The van der Waals surface area contributed by atoms with E-state index in [1.807, 2.05) is 13.0 Å². The molecule has 1 fully saturated rings. The number of ether oxygens (including phenoxy) is 1. The maximum absolute atomic E-state index is 12.6. The molecule has 0 radical (unpaired) electrons. The molecule has 0 bridgehead atoms. The van der Waals surface area contributed by atoms with Crippen LogP contribution in [0, 0.1) is 0 Å². The highest BCUT2D eigenvalue weighted by Gasteiger charge is 2.27. The van der Waals surface area contributed by atoms with E-state index in [4.69, 9.17) is 4.74 Å². The van der Waals surface area contributed by atoms with Crippen molar-refractivity contribution in [3.05, 3.63) is 29.7 Å². The van der Waals surface area contributed by atoms with Gasteiger partial charge in [0, 0.05) is 31.1 Å². The second kappa shape index (κ2) is 11.1. The van der Waals surface area contributed by atoms with Crippen LogP contribution in [0.25, 0.3) is 0 Å². The lowest BCUT2D eigenvalue weighted by molar-refractivity contribution is 0.0731. The Morgan fingerprint density at radius 1 is 1.40 bits per heavy atom. The Morgan fingerprint density at radius 2 is 2.12 bits per heavy atom. The smallest absolute Gasteiger partial charge is 0.252 e. The van der Waals surface area contributed by atoms with E-state index in [-0.39, 0.29) is 24.0 Å². The summed E-state index contributed by atoms with van der Waals surface area (Å²) in [7, 11) is -3.43. The van der Waals surface area contributed by atoms with Crippen molar-refractivity contribution >= 4 is 51.3 Å². The third-order valence-electron chi connectivity index (χ3n) is 3.35. The summed E-state index contributed by atoms with van der Waals surface area (Å²) in [6.07, 6.45) is 1.75. The number of aliphatic imine (C=N–C) groups is 1. The van der Waals surface area contributed by atoms with Gasteiger partial charge >= 0.3 is 0 Å².